The Labute approximate surface area is 175 Å². The van der Waals surface area contributed by atoms with Crippen LogP contribution in [0.3, 0.4) is 0 Å². The van der Waals surface area contributed by atoms with Gasteiger partial charge < -0.3 is 59.7 Å². The zero-order valence-electron chi connectivity index (χ0n) is 17.3. The van der Waals surface area contributed by atoms with Crippen LogP contribution in [-0.4, -0.2) is 121 Å². The first-order valence-corrected chi connectivity index (χ1v) is 10.1. The topological polar surface area (TPSA) is 183 Å². The Kier molecular flexibility index (Phi) is 10.8. The second-order valence-corrected chi connectivity index (χ2v) is 7.29. The lowest BCUT2D eigenvalue weighted by Gasteiger charge is -2.45. The average molecular weight is 441 g/mol. The van der Waals surface area contributed by atoms with Gasteiger partial charge >= 0.3 is 0 Å². The summed E-state index contributed by atoms with van der Waals surface area (Å²) in [6.45, 7) is 1.65. The van der Waals surface area contributed by atoms with Crippen LogP contribution < -0.4 is 5.73 Å². The molecule has 2 aliphatic rings. The molecular formula is C18H35NO11. The lowest BCUT2D eigenvalue weighted by molar-refractivity contribution is -0.353. The third kappa shape index (κ3) is 6.51. The van der Waals surface area contributed by atoms with E-state index in [0.717, 1.165) is 0 Å². The molecule has 2 aliphatic heterocycles. The Hall–Kier alpha value is -0.480. The Morgan fingerprint density at radius 3 is 2.40 bits per heavy atom. The van der Waals surface area contributed by atoms with E-state index in [4.69, 9.17) is 34.2 Å². The summed E-state index contributed by atoms with van der Waals surface area (Å²) in [7, 11) is 1.49. The van der Waals surface area contributed by atoms with Crippen LogP contribution in [0.2, 0.25) is 0 Å². The summed E-state index contributed by atoms with van der Waals surface area (Å²) < 4.78 is 32.9. The summed E-state index contributed by atoms with van der Waals surface area (Å²) in [6.07, 6.45) is -11.0. The van der Waals surface area contributed by atoms with Crippen molar-refractivity contribution in [2.45, 2.75) is 81.4 Å². The zero-order valence-corrected chi connectivity index (χ0v) is 17.3. The molecule has 0 amide bonds. The van der Waals surface area contributed by atoms with E-state index >= 15 is 0 Å². The molecule has 2 fully saturated rings. The van der Waals surface area contributed by atoms with Crippen LogP contribution in [-0.2, 0) is 28.4 Å². The van der Waals surface area contributed by atoms with E-state index in [9.17, 15) is 25.5 Å². The van der Waals surface area contributed by atoms with E-state index in [-0.39, 0.29) is 26.2 Å². The molecule has 0 unspecified atom stereocenters. The number of aliphatic hydroxyl groups excluding tert-OH is 5. The highest BCUT2D eigenvalue weighted by atomic mass is 16.7. The Balaban J connectivity index is 2.12. The number of rotatable bonds is 11. The second-order valence-electron chi connectivity index (χ2n) is 7.29. The van der Waals surface area contributed by atoms with Crippen molar-refractivity contribution >= 4 is 0 Å². The molecule has 12 heteroatoms. The molecule has 30 heavy (non-hydrogen) atoms. The normalized spacial score (nSPS) is 41.0. The fraction of sp³-hybridized carbons (Fsp3) is 1.00. The maximum Gasteiger partial charge on any atom is 0.186 e. The van der Waals surface area contributed by atoms with E-state index in [2.05, 4.69) is 0 Å². The van der Waals surface area contributed by atoms with Gasteiger partial charge in [-0.1, -0.05) is 6.92 Å². The number of ether oxygens (including phenoxy) is 6. The van der Waals surface area contributed by atoms with Gasteiger partial charge in [0.2, 0.25) is 0 Å². The quantitative estimate of drug-likeness (QED) is 0.179. The summed E-state index contributed by atoms with van der Waals surface area (Å²) in [4.78, 5) is 0. The zero-order chi connectivity index (χ0) is 22.3. The van der Waals surface area contributed by atoms with Crippen molar-refractivity contribution in [1.82, 2.24) is 0 Å². The van der Waals surface area contributed by atoms with Gasteiger partial charge in [-0.3, -0.25) is 0 Å². The van der Waals surface area contributed by atoms with Gasteiger partial charge in [0.05, 0.1) is 32.0 Å². The molecule has 7 N–H and O–H groups in total. The van der Waals surface area contributed by atoms with Crippen molar-refractivity contribution in [2.24, 2.45) is 5.73 Å². The van der Waals surface area contributed by atoms with Crippen LogP contribution in [0.5, 0.6) is 0 Å². The fourth-order valence-corrected chi connectivity index (χ4v) is 3.38. The molecular weight excluding hydrogens is 406 g/mol. The predicted octanol–water partition coefficient (Wildman–Crippen LogP) is -2.98. The molecule has 0 aromatic rings. The van der Waals surface area contributed by atoms with Gasteiger partial charge in [-0.15, -0.1) is 0 Å². The lowest BCUT2D eigenvalue weighted by Crippen LogP contribution is -2.63. The summed E-state index contributed by atoms with van der Waals surface area (Å²) in [5, 5.41) is 50.9. The van der Waals surface area contributed by atoms with Crippen molar-refractivity contribution in [2.75, 3.05) is 33.5 Å². The number of methoxy groups -OCH3 is 1. The largest absolute Gasteiger partial charge is 0.394 e. The highest BCUT2D eigenvalue weighted by molar-refractivity contribution is 4.92. The first-order chi connectivity index (χ1) is 14.4. The maximum atomic E-state index is 10.7. The molecule has 0 aliphatic carbocycles. The maximum absolute atomic E-state index is 10.7. The van der Waals surface area contributed by atoms with Crippen LogP contribution in [0.15, 0.2) is 0 Å². The summed E-state index contributed by atoms with van der Waals surface area (Å²) in [5.41, 5.74) is 5.45. The molecule has 0 saturated carbocycles. The molecule has 178 valence electrons. The smallest absolute Gasteiger partial charge is 0.186 e. The molecule has 0 aromatic carbocycles. The number of nitrogens with two attached hydrogens (primary N) is 1. The van der Waals surface area contributed by atoms with Crippen LogP contribution in [0.1, 0.15) is 19.8 Å². The molecule has 2 heterocycles. The van der Waals surface area contributed by atoms with Gasteiger partial charge in [0.25, 0.3) is 0 Å². The molecule has 0 spiro atoms. The molecule has 2 rings (SSSR count). The molecule has 0 bridgehead atoms. The Morgan fingerprint density at radius 2 is 1.80 bits per heavy atom. The van der Waals surface area contributed by atoms with E-state index < -0.39 is 68.2 Å². The van der Waals surface area contributed by atoms with E-state index in [1.807, 2.05) is 6.92 Å². The lowest BCUT2D eigenvalue weighted by atomic mass is 9.98. The molecule has 0 aromatic heterocycles. The van der Waals surface area contributed by atoms with Gasteiger partial charge in [0.15, 0.2) is 18.9 Å². The monoisotopic (exact) mass is 441 g/mol. The first kappa shape index (κ1) is 25.8. The van der Waals surface area contributed by atoms with Crippen LogP contribution in [0.25, 0.3) is 0 Å². The fourth-order valence-electron chi connectivity index (χ4n) is 3.38. The number of aliphatic hydroxyl groups is 5. The van der Waals surface area contributed by atoms with E-state index in [1.54, 1.807) is 0 Å². The van der Waals surface area contributed by atoms with Gasteiger partial charge in [0, 0.05) is 20.1 Å². The molecule has 12 nitrogen and oxygen atoms in total. The van der Waals surface area contributed by atoms with Crippen molar-refractivity contribution < 1.29 is 54.0 Å². The van der Waals surface area contributed by atoms with Crippen LogP contribution in [0.4, 0.5) is 0 Å². The minimum absolute atomic E-state index is 0.0184. The minimum atomic E-state index is -1.45. The number of hydrogen-bond donors (Lipinski definition) is 6. The molecule has 0 radical (unpaired) electrons. The Bertz CT molecular complexity index is 483. The third-order valence-electron chi connectivity index (χ3n) is 5.08. The van der Waals surface area contributed by atoms with E-state index in [0.29, 0.717) is 6.42 Å². The first-order valence-electron chi connectivity index (χ1n) is 10.1. The summed E-state index contributed by atoms with van der Waals surface area (Å²) in [5.74, 6) is 0. The highest BCUT2D eigenvalue weighted by Crippen LogP contribution is 2.29. The van der Waals surface area contributed by atoms with Crippen molar-refractivity contribution in [1.29, 1.82) is 0 Å². The van der Waals surface area contributed by atoms with Crippen molar-refractivity contribution in [3.8, 4) is 0 Å². The predicted molar refractivity (Wildman–Crippen MR) is 100.0 cm³/mol. The Morgan fingerprint density at radius 1 is 1.07 bits per heavy atom. The standard InChI is InChI=1S/C18H35NO11/c1-3-12(25-2)27-8-11-14(23)16(15(24)17(29-11)26-5-4-19)30-18-13(22)10(21)6-9(7-20)28-18/h9-18,20-24H,3-8,19H2,1-2H3/t9-,10-,11+,12+,13-,14+,15-,16-,17-,18+/m0/s1. The summed E-state index contributed by atoms with van der Waals surface area (Å²) >= 11 is 0. The highest BCUT2D eigenvalue weighted by Gasteiger charge is 2.49. The minimum Gasteiger partial charge on any atom is -0.394 e. The van der Waals surface area contributed by atoms with Gasteiger partial charge in [-0.05, 0) is 6.42 Å². The average Bonchev–Trinajstić information content (AvgIpc) is 2.74. The van der Waals surface area contributed by atoms with Crippen molar-refractivity contribution in [3.05, 3.63) is 0 Å². The van der Waals surface area contributed by atoms with Gasteiger partial charge in [0.1, 0.15) is 30.5 Å². The molecule has 2 saturated heterocycles. The molecule has 10 atom stereocenters. The van der Waals surface area contributed by atoms with Crippen molar-refractivity contribution in [3.63, 3.8) is 0 Å². The van der Waals surface area contributed by atoms with E-state index in [1.165, 1.54) is 7.11 Å². The van der Waals surface area contributed by atoms with Crippen LogP contribution in [0, 0.1) is 0 Å². The van der Waals surface area contributed by atoms with Gasteiger partial charge in [-0.25, -0.2) is 0 Å². The second kappa shape index (κ2) is 12.5. The third-order valence-corrected chi connectivity index (χ3v) is 5.08. The van der Waals surface area contributed by atoms with Crippen LogP contribution >= 0.6 is 0 Å². The SMILES string of the molecule is CC[C@H](OC)OC[C@H]1O[C@H](OCCN)[C@@H](O)[C@@H](O[C@H]2O[C@H](CO)C[C@H](O)[C@@H]2O)[C@@H]1O. The number of hydrogen-bond acceptors (Lipinski definition) is 12. The summed E-state index contributed by atoms with van der Waals surface area (Å²) in [6, 6.07) is 0. The van der Waals surface area contributed by atoms with Gasteiger partial charge in [-0.2, -0.15) is 0 Å².